The van der Waals surface area contributed by atoms with E-state index in [1.807, 2.05) is 48.5 Å². The number of benzene rings is 3. The number of amides is 2. The van der Waals surface area contributed by atoms with Crippen molar-refractivity contribution in [2.75, 3.05) is 4.90 Å². The summed E-state index contributed by atoms with van der Waals surface area (Å²) in [7, 11) is 0. The Bertz CT molecular complexity index is 1410. The topological polar surface area (TPSA) is 97.6 Å². The van der Waals surface area contributed by atoms with Gasteiger partial charge in [0.05, 0.1) is 27.9 Å². The minimum atomic E-state index is -1.29. The number of hydrogen-bond donors (Lipinski definition) is 0. The summed E-state index contributed by atoms with van der Waals surface area (Å²) in [6.07, 6.45) is 0. The molecule has 7 rings (SSSR count). The summed E-state index contributed by atoms with van der Waals surface area (Å²) in [6.45, 7) is 3.08. The van der Waals surface area contributed by atoms with Crippen LogP contribution in [0.2, 0.25) is 0 Å². The fourth-order valence-electron chi connectivity index (χ4n) is 6.56. The monoisotopic (exact) mass is 452 g/mol. The number of nitro groups is 1. The molecule has 0 unspecified atom stereocenters. The van der Waals surface area contributed by atoms with Gasteiger partial charge >= 0.3 is 0 Å². The summed E-state index contributed by atoms with van der Waals surface area (Å²) in [5.41, 5.74) is 2.45. The number of nitrogens with zero attached hydrogens (tertiary/aromatic N) is 2. The second-order valence-corrected chi connectivity index (χ2v) is 9.26. The molecule has 34 heavy (non-hydrogen) atoms. The molecule has 7 heteroatoms. The van der Waals surface area contributed by atoms with Gasteiger partial charge in [-0.15, -0.1) is 0 Å². The average Bonchev–Trinajstić information content (AvgIpc) is 3.10. The van der Waals surface area contributed by atoms with Crippen LogP contribution in [-0.4, -0.2) is 22.5 Å². The highest BCUT2D eigenvalue weighted by atomic mass is 16.6. The van der Waals surface area contributed by atoms with Crippen molar-refractivity contribution in [2.45, 2.75) is 25.2 Å². The Morgan fingerprint density at radius 1 is 0.941 bits per heavy atom. The van der Waals surface area contributed by atoms with Crippen molar-refractivity contribution in [1.29, 1.82) is 0 Å². The van der Waals surface area contributed by atoms with E-state index >= 15 is 0 Å². The second kappa shape index (κ2) is 6.70. The summed E-state index contributed by atoms with van der Waals surface area (Å²) in [4.78, 5) is 53.6. The molecule has 0 radical (unpaired) electrons. The molecule has 0 aromatic heterocycles. The molecule has 3 aromatic carbocycles. The number of hydrogen-bond acceptors (Lipinski definition) is 5. The zero-order chi connectivity index (χ0) is 23.9. The number of carbonyl (C=O) groups excluding carboxylic acids is 3. The van der Waals surface area contributed by atoms with Crippen molar-refractivity contribution in [1.82, 2.24) is 0 Å². The van der Waals surface area contributed by atoms with Gasteiger partial charge in [-0.3, -0.25) is 24.5 Å². The van der Waals surface area contributed by atoms with E-state index in [0.29, 0.717) is 5.56 Å². The number of rotatable bonds is 3. The third-order valence-electron chi connectivity index (χ3n) is 7.82. The lowest BCUT2D eigenvalue weighted by atomic mass is 9.46. The van der Waals surface area contributed by atoms with Crippen molar-refractivity contribution in [3.05, 3.63) is 105 Å². The fourth-order valence-corrected chi connectivity index (χ4v) is 6.56. The summed E-state index contributed by atoms with van der Waals surface area (Å²) in [5.74, 6) is -3.15. The highest BCUT2D eigenvalue weighted by Gasteiger charge is 2.70. The number of ketones is 1. The molecule has 7 nitrogen and oxygen atoms in total. The van der Waals surface area contributed by atoms with E-state index in [1.165, 1.54) is 19.1 Å². The number of nitro benzene ring substituents is 1. The Morgan fingerprint density at radius 2 is 1.53 bits per heavy atom. The Balaban J connectivity index is 1.63. The molecular weight excluding hydrogens is 432 g/mol. The third kappa shape index (κ3) is 2.24. The Kier molecular flexibility index (Phi) is 4.03. The maximum absolute atomic E-state index is 14.0. The normalized spacial score (nSPS) is 26.2. The molecule has 1 saturated heterocycles. The first kappa shape index (κ1) is 20.5. The lowest BCUT2D eigenvalue weighted by Crippen LogP contribution is -2.57. The molecular formula is C27H20N2O5. The average molecular weight is 452 g/mol. The van der Waals surface area contributed by atoms with Gasteiger partial charge in [-0.1, -0.05) is 54.6 Å². The molecule has 0 spiro atoms. The SMILES string of the molecule is CC(=O)C12c3ccccc3C(c3ccccc31)[C@@H]1C(=O)N(c3ccc(C)c([N+](=O)[O-])c3)C(=O)[C@@H]12. The molecule has 3 aromatic rings. The summed E-state index contributed by atoms with van der Waals surface area (Å²) >= 11 is 0. The van der Waals surface area contributed by atoms with E-state index in [1.54, 1.807) is 13.0 Å². The van der Waals surface area contributed by atoms with Crippen LogP contribution in [0.15, 0.2) is 66.7 Å². The molecule has 4 aliphatic rings. The van der Waals surface area contributed by atoms with Crippen LogP contribution in [0, 0.1) is 28.9 Å². The number of Topliss-reactive ketones (excluding diaryl/α,β-unsaturated/α-hetero) is 1. The summed E-state index contributed by atoms with van der Waals surface area (Å²) < 4.78 is 0. The van der Waals surface area contributed by atoms with Crippen LogP contribution in [0.1, 0.15) is 40.7 Å². The molecule has 1 aliphatic heterocycles. The summed E-state index contributed by atoms with van der Waals surface area (Å²) in [6, 6.07) is 19.5. The van der Waals surface area contributed by atoms with Gasteiger partial charge in [0.2, 0.25) is 11.8 Å². The van der Waals surface area contributed by atoms with Crippen molar-refractivity contribution < 1.29 is 19.3 Å². The van der Waals surface area contributed by atoms with Crippen molar-refractivity contribution in [3.63, 3.8) is 0 Å². The molecule has 1 heterocycles. The lowest BCUT2D eigenvalue weighted by Gasteiger charge is -2.52. The number of aryl methyl sites for hydroxylation is 1. The predicted octanol–water partition coefficient (Wildman–Crippen LogP) is 4.04. The van der Waals surface area contributed by atoms with E-state index < -0.39 is 34.0 Å². The fraction of sp³-hybridized carbons (Fsp3) is 0.222. The van der Waals surface area contributed by atoms with E-state index in [9.17, 15) is 24.5 Å². The van der Waals surface area contributed by atoms with Gasteiger partial charge in [0.15, 0.2) is 0 Å². The first-order chi connectivity index (χ1) is 16.3. The van der Waals surface area contributed by atoms with Gasteiger partial charge in [-0.05, 0) is 42.2 Å². The number of carbonyl (C=O) groups is 3. The van der Waals surface area contributed by atoms with Gasteiger partial charge in [0, 0.05) is 17.5 Å². The van der Waals surface area contributed by atoms with Gasteiger partial charge < -0.3 is 0 Å². The number of imide groups is 1. The predicted molar refractivity (Wildman–Crippen MR) is 123 cm³/mol. The van der Waals surface area contributed by atoms with Gasteiger partial charge in [0.1, 0.15) is 5.78 Å². The van der Waals surface area contributed by atoms with Crippen molar-refractivity contribution in [3.8, 4) is 0 Å². The van der Waals surface area contributed by atoms with Crippen LogP contribution in [0.3, 0.4) is 0 Å². The van der Waals surface area contributed by atoms with Crippen LogP contribution in [0.5, 0.6) is 0 Å². The minimum absolute atomic E-state index is 0.160. The summed E-state index contributed by atoms with van der Waals surface area (Å²) in [5, 5.41) is 11.5. The van der Waals surface area contributed by atoms with Crippen LogP contribution in [0.25, 0.3) is 0 Å². The molecule has 0 saturated carbocycles. The Hall–Kier alpha value is -4.13. The highest BCUT2D eigenvalue weighted by Crippen LogP contribution is 2.64. The van der Waals surface area contributed by atoms with Crippen molar-refractivity contribution in [2.24, 2.45) is 11.8 Å². The molecule has 0 N–H and O–H groups in total. The maximum atomic E-state index is 14.0. The maximum Gasteiger partial charge on any atom is 0.274 e. The van der Waals surface area contributed by atoms with Gasteiger partial charge in [0.25, 0.3) is 5.69 Å². The first-order valence-corrected chi connectivity index (χ1v) is 11.1. The zero-order valence-corrected chi connectivity index (χ0v) is 18.5. The first-order valence-electron chi connectivity index (χ1n) is 11.1. The molecule has 2 atom stereocenters. The Labute approximate surface area is 195 Å². The van der Waals surface area contributed by atoms with Crippen LogP contribution in [0.4, 0.5) is 11.4 Å². The smallest absolute Gasteiger partial charge is 0.274 e. The van der Waals surface area contributed by atoms with Crippen LogP contribution >= 0.6 is 0 Å². The lowest BCUT2D eigenvalue weighted by molar-refractivity contribution is -0.385. The molecule has 2 bridgehead atoms. The van der Waals surface area contributed by atoms with Crippen LogP contribution in [-0.2, 0) is 19.8 Å². The van der Waals surface area contributed by atoms with Crippen molar-refractivity contribution >= 4 is 29.0 Å². The van der Waals surface area contributed by atoms with Gasteiger partial charge in [-0.2, -0.15) is 0 Å². The van der Waals surface area contributed by atoms with E-state index in [4.69, 9.17) is 0 Å². The largest absolute Gasteiger partial charge is 0.299 e. The van der Waals surface area contributed by atoms with E-state index in [0.717, 1.165) is 27.2 Å². The minimum Gasteiger partial charge on any atom is -0.299 e. The third-order valence-corrected chi connectivity index (χ3v) is 7.82. The van der Waals surface area contributed by atoms with Gasteiger partial charge in [-0.25, -0.2) is 4.90 Å². The highest BCUT2D eigenvalue weighted by molar-refractivity contribution is 6.25. The van der Waals surface area contributed by atoms with Crippen LogP contribution < -0.4 is 4.90 Å². The standard InChI is InChI=1S/C27H20N2O5/c1-14-11-12-16(13-21(14)29(33)34)28-25(31)23-22-17-7-3-5-9-19(17)27(15(2)30,24(23)26(28)32)20-10-6-4-8-18(20)22/h3-13,22-24H,1-2H3/t22?,23-,24+,27?/m0/s1. The molecule has 3 aliphatic carbocycles. The zero-order valence-electron chi connectivity index (χ0n) is 18.5. The van der Waals surface area contributed by atoms with E-state index in [2.05, 4.69) is 0 Å². The Morgan fingerprint density at radius 3 is 2.09 bits per heavy atom. The number of anilines is 1. The quantitative estimate of drug-likeness (QED) is 0.339. The molecule has 2 amide bonds. The van der Waals surface area contributed by atoms with E-state index in [-0.39, 0.29) is 23.1 Å². The second-order valence-electron chi connectivity index (χ2n) is 9.26. The molecule has 168 valence electrons. The molecule has 1 fully saturated rings.